The molecule has 4 rings (SSSR count). The average molecular weight is 322 g/mol. The van der Waals surface area contributed by atoms with Gasteiger partial charge in [-0.15, -0.1) is 0 Å². The fraction of sp³-hybridized carbons (Fsp3) is 0.158. The van der Waals surface area contributed by atoms with Gasteiger partial charge < -0.3 is 9.32 Å². The van der Waals surface area contributed by atoms with Gasteiger partial charge in [0, 0.05) is 18.7 Å². The third kappa shape index (κ3) is 2.69. The van der Waals surface area contributed by atoms with Crippen molar-refractivity contribution in [2.45, 2.75) is 13.0 Å². The summed E-state index contributed by atoms with van der Waals surface area (Å²) in [5.41, 5.74) is 3.12. The molecule has 1 aliphatic heterocycles. The largest absolute Gasteiger partial charge is 0.432 e. The number of oxazole rings is 1. The summed E-state index contributed by atoms with van der Waals surface area (Å²) in [6.45, 7) is 1.20. The summed E-state index contributed by atoms with van der Waals surface area (Å²) in [5, 5.41) is 0. The maximum Gasteiger partial charge on any atom is 0.310 e. The van der Waals surface area contributed by atoms with Crippen LogP contribution >= 0.6 is 0 Å². The van der Waals surface area contributed by atoms with Gasteiger partial charge in [-0.3, -0.25) is 4.79 Å². The number of amides is 1. The van der Waals surface area contributed by atoms with Crippen molar-refractivity contribution in [2.24, 2.45) is 0 Å². The summed E-state index contributed by atoms with van der Waals surface area (Å²) in [6.07, 6.45) is 2.33. The number of carbonyl (C=O) groups is 1. The van der Waals surface area contributed by atoms with Gasteiger partial charge in [0.05, 0.1) is 6.20 Å². The molecule has 2 aromatic carbocycles. The Hall–Kier alpha value is -2.95. The Morgan fingerprint density at radius 1 is 1.08 bits per heavy atom. The van der Waals surface area contributed by atoms with Gasteiger partial charge in [0.25, 0.3) is 5.89 Å². The van der Waals surface area contributed by atoms with Gasteiger partial charge in [0.1, 0.15) is 5.82 Å². The fourth-order valence-corrected chi connectivity index (χ4v) is 2.92. The number of rotatable bonds is 2. The maximum atomic E-state index is 13.0. The Kier molecular flexibility index (Phi) is 3.61. The van der Waals surface area contributed by atoms with Crippen molar-refractivity contribution in [1.29, 1.82) is 0 Å². The number of benzene rings is 2. The minimum absolute atomic E-state index is 0.0636. The Balaban J connectivity index is 1.55. The number of nitrogens with zero attached hydrogens (tertiary/aromatic N) is 2. The van der Waals surface area contributed by atoms with Crippen LogP contribution in [0.5, 0.6) is 0 Å². The molecule has 3 aromatic rings. The van der Waals surface area contributed by atoms with Crippen LogP contribution in [0.25, 0.3) is 11.3 Å². The highest BCUT2D eigenvalue weighted by Crippen LogP contribution is 2.23. The molecule has 0 unspecified atom stereocenters. The molecule has 0 fully saturated rings. The molecule has 1 aromatic heterocycles. The zero-order chi connectivity index (χ0) is 16.5. The average Bonchev–Trinajstić information content (AvgIpc) is 3.11. The smallest absolute Gasteiger partial charge is 0.310 e. The Morgan fingerprint density at radius 3 is 2.62 bits per heavy atom. The van der Waals surface area contributed by atoms with Gasteiger partial charge in [-0.1, -0.05) is 24.3 Å². The van der Waals surface area contributed by atoms with E-state index in [9.17, 15) is 9.18 Å². The van der Waals surface area contributed by atoms with E-state index in [4.69, 9.17) is 4.42 Å². The highest BCUT2D eigenvalue weighted by atomic mass is 19.1. The topological polar surface area (TPSA) is 46.3 Å². The molecule has 0 saturated carbocycles. The van der Waals surface area contributed by atoms with Crippen molar-refractivity contribution in [1.82, 2.24) is 9.88 Å². The lowest BCUT2D eigenvalue weighted by Crippen LogP contribution is -2.36. The summed E-state index contributed by atoms with van der Waals surface area (Å²) in [7, 11) is 0. The van der Waals surface area contributed by atoms with Crippen LogP contribution in [0, 0.1) is 5.82 Å². The van der Waals surface area contributed by atoms with Crippen LogP contribution in [-0.4, -0.2) is 22.3 Å². The molecule has 0 aliphatic carbocycles. The SMILES string of the molecule is O=C(c1ncc(-c2ccc(F)cc2)o1)N1CCc2ccccc2C1. The van der Waals surface area contributed by atoms with Crippen LogP contribution in [0.15, 0.2) is 59.1 Å². The van der Waals surface area contributed by atoms with Crippen LogP contribution in [0.4, 0.5) is 4.39 Å². The van der Waals surface area contributed by atoms with Gasteiger partial charge in [-0.25, -0.2) is 9.37 Å². The van der Waals surface area contributed by atoms with Gasteiger partial charge in [-0.05, 0) is 41.8 Å². The number of halogens is 1. The van der Waals surface area contributed by atoms with E-state index in [0.717, 1.165) is 12.0 Å². The maximum absolute atomic E-state index is 13.0. The number of hydrogen-bond donors (Lipinski definition) is 0. The lowest BCUT2D eigenvalue weighted by Gasteiger charge is -2.27. The third-order valence-electron chi connectivity index (χ3n) is 4.24. The zero-order valence-electron chi connectivity index (χ0n) is 12.9. The Bertz CT molecular complexity index is 886. The van der Waals surface area contributed by atoms with Crippen molar-refractivity contribution in [2.75, 3.05) is 6.54 Å². The molecule has 0 N–H and O–H groups in total. The lowest BCUT2D eigenvalue weighted by molar-refractivity contribution is 0.0695. The molecule has 4 nitrogen and oxygen atoms in total. The van der Waals surface area contributed by atoms with Gasteiger partial charge >= 0.3 is 5.91 Å². The number of hydrogen-bond acceptors (Lipinski definition) is 3. The predicted octanol–water partition coefficient (Wildman–Crippen LogP) is 3.68. The van der Waals surface area contributed by atoms with E-state index in [2.05, 4.69) is 11.1 Å². The molecule has 1 amide bonds. The van der Waals surface area contributed by atoms with Crippen molar-refractivity contribution < 1.29 is 13.6 Å². The fourth-order valence-electron chi connectivity index (χ4n) is 2.92. The second-order valence-electron chi connectivity index (χ2n) is 5.78. The molecule has 0 bridgehead atoms. The van der Waals surface area contributed by atoms with E-state index in [-0.39, 0.29) is 17.6 Å². The predicted molar refractivity (Wildman–Crippen MR) is 86.8 cm³/mol. The number of carbonyl (C=O) groups excluding carboxylic acids is 1. The third-order valence-corrected chi connectivity index (χ3v) is 4.24. The van der Waals surface area contributed by atoms with Gasteiger partial charge in [0.15, 0.2) is 5.76 Å². The van der Waals surface area contributed by atoms with Gasteiger partial charge in [-0.2, -0.15) is 0 Å². The normalized spacial score (nSPS) is 13.6. The molecule has 1 aliphatic rings. The molecule has 0 radical (unpaired) electrons. The Morgan fingerprint density at radius 2 is 1.83 bits per heavy atom. The number of aromatic nitrogens is 1. The summed E-state index contributed by atoms with van der Waals surface area (Å²) in [4.78, 5) is 18.5. The monoisotopic (exact) mass is 322 g/mol. The highest BCUT2D eigenvalue weighted by molar-refractivity contribution is 5.90. The summed E-state index contributed by atoms with van der Waals surface area (Å²) in [6, 6.07) is 14.0. The molecule has 120 valence electrons. The van der Waals surface area contributed by atoms with E-state index in [0.29, 0.717) is 24.4 Å². The van der Waals surface area contributed by atoms with E-state index in [1.807, 2.05) is 18.2 Å². The first kappa shape index (κ1) is 14.6. The van der Waals surface area contributed by atoms with Crippen molar-refractivity contribution in [3.05, 3.63) is 77.6 Å². The van der Waals surface area contributed by atoms with Crippen molar-refractivity contribution >= 4 is 5.91 Å². The molecule has 2 heterocycles. The van der Waals surface area contributed by atoms with E-state index in [1.54, 1.807) is 17.0 Å². The molecule has 0 spiro atoms. The van der Waals surface area contributed by atoms with Crippen molar-refractivity contribution in [3.63, 3.8) is 0 Å². The molecule has 24 heavy (non-hydrogen) atoms. The Labute approximate surface area is 138 Å². The first-order valence-corrected chi connectivity index (χ1v) is 7.78. The highest BCUT2D eigenvalue weighted by Gasteiger charge is 2.25. The molecule has 5 heteroatoms. The zero-order valence-corrected chi connectivity index (χ0v) is 12.9. The van der Waals surface area contributed by atoms with Crippen LogP contribution in [0.3, 0.4) is 0 Å². The summed E-state index contributed by atoms with van der Waals surface area (Å²) >= 11 is 0. The van der Waals surface area contributed by atoms with Crippen molar-refractivity contribution in [3.8, 4) is 11.3 Å². The minimum Gasteiger partial charge on any atom is -0.432 e. The lowest BCUT2D eigenvalue weighted by atomic mass is 10.00. The molecule has 0 atom stereocenters. The van der Waals surface area contributed by atoms with E-state index < -0.39 is 0 Å². The summed E-state index contributed by atoms with van der Waals surface area (Å²) in [5.74, 6) is -0.0242. The van der Waals surface area contributed by atoms with Crippen LogP contribution < -0.4 is 0 Å². The quantitative estimate of drug-likeness (QED) is 0.723. The number of fused-ring (bicyclic) bond motifs is 1. The summed E-state index contributed by atoms with van der Waals surface area (Å²) < 4.78 is 18.6. The standard InChI is InChI=1S/C19H15FN2O2/c20-16-7-5-14(6-8-16)17-11-21-18(24-17)19(23)22-10-9-13-3-1-2-4-15(13)12-22/h1-8,11H,9-10,12H2. The van der Waals surface area contributed by atoms with E-state index >= 15 is 0 Å². The first-order valence-electron chi connectivity index (χ1n) is 7.78. The molecular formula is C19H15FN2O2. The first-order chi connectivity index (χ1) is 11.7. The van der Waals surface area contributed by atoms with Crippen LogP contribution in [-0.2, 0) is 13.0 Å². The minimum atomic E-state index is -0.318. The molecular weight excluding hydrogens is 307 g/mol. The van der Waals surface area contributed by atoms with Crippen LogP contribution in [0.1, 0.15) is 21.8 Å². The van der Waals surface area contributed by atoms with Gasteiger partial charge in [0.2, 0.25) is 0 Å². The second-order valence-corrected chi connectivity index (χ2v) is 5.78. The molecule has 0 saturated heterocycles. The van der Waals surface area contributed by atoms with Crippen LogP contribution in [0.2, 0.25) is 0 Å². The van der Waals surface area contributed by atoms with E-state index in [1.165, 1.54) is 23.9 Å². The second kappa shape index (κ2) is 5.92.